The summed E-state index contributed by atoms with van der Waals surface area (Å²) in [5, 5.41) is 16.5. The number of unbranched alkanes of at least 4 members (excludes halogenated alkanes) is 4. The van der Waals surface area contributed by atoms with Crippen molar-refractivity contribution < 1.29 is 9.59 Å². The zero-order valence-electron chi connectivity index (χ0n) is 29.4. The molecular weight excluding hydrogens is 692 g/mol. The van der Waals surface area contributed by atoms with Gasteiger partial charge in [0.25, 0.3) is 0 Å². The lowest BCUT2D eigenvalue weighted by atomic mass is 9.95. The van der Waals surface area contributed by atoms with Gasteiger partial charge in [-0.3, -0.25) is 19.0 Å². The van der Waals surface area contributed by atoms with Crippen LogP contribution in [0, 0.1) is 13.1 Å². The molecule has 0 fully saturated rings. The predicted octanol–water partition coefficient (Wildman–Crippen LogP) is 8.05. The van der Waals surface area contributed by atoms with Crippen molar-refractivity contribution in [1.82, 2.24) is 39.5 Å². The van der Waals surface area contributed by atoms with Crippen molar-refractivity contribution in [3.8, 4) is 0 Å². The van der Waals surface area contributed by atoms with Crippen molar-refractivity contribution in [2.45, 2.75) is 77.8 Å². The summed E-state index contributed by atoms with van der Waals surface area (Å²) < 4.78 is 3.77. The number of halogens is 1. The highest BCUT2D eigenvalue weighted by atomic mass is 35.5. The number of nitrogens with one attached hydrogen (secondary N) is 2. The van der Waals surface area contributed by atoms with E-state index in [4.69, 9.17) is 24.7 Å². The van der Waals surface area contributed by atoms with Crippen molar-refractivity contribution in [3.05, 3.63) is 106 Å². The van der Waals surface area contributed by atoms with Crippen LogP contribution in [0.4, 0.5) is 22.7 Å². The molecule has 0 saturated carbocycles. The molecule has 8 rings (SSSR count). The fourth-order valence-electron chi connectivity index (χ4n) is 6.14. The smallest absolute Gasteiger partial charge is 0.238 e. The van der Waals surface area contributed by atoms with Gasteiger partial charge in [-0.25, -0.2) is 29.6 Å². The first-order valence-corrected chi connectivity index (χ1v) is 17.8. The summed E-state index contributed by atoms with van der Waals surface area (Å²) in [6.07, 6.45) is 14.0. The molecule has 268 valence electrons. The molecule has 2 amide bonds. The molecule has 0 radical (unpaired) electrons. The fourth-order valence-corrected chi connectivity index (χ4v) is 6.32. The van der Waals surface area contributed by atoms with Crippen LogP contribution in [-0.4, -0.2) is 51.3 Å². The number of carbonyl (C=O) groups is 2. The average Bonchev–Trinajstić information content (AvgIpc) is 3.94. The molecule has 53 heavy (non-hydrogen) atoms. The fraction of sp³-hybridized carbons (Fsp3) is 0.316. The van der Waals surface area contributed by atoms with E-state index in [1.54, 1.807) is 36.4 Å². The van der Waals surface area contributed by atoms with Gasteiger partial charge in [-0.1, -0.05) is 75.4 Å². The third kappa shape index (κ3) is 8.46. The molecule has 1 atom stereocenters. The quantitative estimate of drug-likeness (QED) is 0.0861. The third-order valence-electron chi connectivity index (χ3n) is 8.80. The maximum atomic E-state index is 12.6. The van der Waals surface area contributed by atoms with Gasteiger partial charge in [0.15, 0.2) is 22.7 Å². The van der Waals surface area contributed by atoms with Crippen LogP contribution in [0.25, 0.3) is 31.8 Å². The lowest BCUT2D eigenvalue weighted by molar-refractivity contribution is -0.116. The van der Waals surface area contributed by atoms with Crippen molar-refractivity contribution in [2.24, 2.45) is 0 Å². The number of carbonyl (C=O) groups excluding carboxylic acids is 2. The van der Waals surface area contributed by atoms with Gasteiger partial charge in [0.2, 0.25) is 11.8 Å². The number of hydrogen-bond donors (Lipinski definition) is 2. The number of benzene rings is 2. The van der Waals surface area contributed by atoms with Gasteiger partial charge >= 0.3 is 0 Å². The van der Waals surface area contributed by atoms with E-state index in [1.807, 2.05) is 21.8 Å². The van der Waals surface area contributed by atoms with Crippen LogP contribution in [0.1, 0.15) is 75.1 Å². The molecule has 0 bridgehead atoms. The van der Waals surface area contributed by atoms with Crippen LogP contribution >= 0.6 is 11.6 Å². The Hall–Kier alpha value is -6.25. The first-order chi connectivity index (χ1) is 25.8. The van der Waals surface area contributed by atoms with E-state index in [-0.39, 0.29) is 11.8 Å². The van der Waals surface area contributed by atoms with E-state index in [9.17, 15) is 9.59 Å². The minimum Gasteiger partial charge on any atom is -0.326 e. The Balaban J connectivity index is 0.000000150. The van der Waals surface area contributed by atoms with Crippen LogP contribution in [0.2, 0.25) is 5.15 Å². The van der Waals surface area contributed by atoms with Crippen LogP contribution < -0.4 is 10.6 Å². The molecule has 2 N–H and O–H groups in total. The summed E-state index contributed by atoms with van der Waals surface area (Å²) in [5.41, 5.74) is 6.27. The molecule has 2 aromatic carbocycles. The van der Waals surface area contributed by atoms with Crippen LogP contribution in [0.5, 0.6) is 0 Å². The zero-order chi connectivity index (χ0) is 37.3. The molecule has 1 unspecified atom stereocenters. The van der Waals surface area contributed by atoms with Crippen molar-refractivity contribution in [1.29, 1.82) is 0 Å². The molecule has 0 saturated heterocycles. The Morgan fingerprint density at radius 2 is 1.38 bits per heavy atom. The maximum absolute atomic E-state index is 12.6. The summed E-state index contributed by atoms with van der Waals surface area (Å²) in [6, 6.07) is 10.5. The average molecular weight is 729 g/mol. The van der Waals surface area contributed by atoms with E-state index in [0.29, 0.717) is 39.9 Å². The second kappa shape index (κ2) is 16.8. The number of fused-ring (bicyclic) bond motifs is 4. The monoisotopic (exact) mass is 728 g/mol. The van der Waals surface area contributed by atoms with Crippen molar-refractivity contribution >= 4 is 68.2 Å². The standard InChI is InChI=1S/C19H18N6O.C10H13ClN4.C9H6N2O/c1-3-4-5-8-25-10-14-17(21-11-22-18(14)24-25)16-13-9-12(20-2)6-7-15(13)23-19(16)26;1-2-3-4-5-15-6-8-9(11)12-7-13-10(8)14-15;1-10-7-2-3-8-6(4-7)5-9(12)11-8/h6-7,9-11,16H,3-5,8H2,1H3,(H,23,26);6-7H,2-5H2,1H3;2-4H,5H2,(H,11,12). The molecule has 15 heteroatoms. The first-order valence-electron chi connectivity index (χ1n) is 17.5. The van der Waals surface area contributed by atoms with Crippen LogP contribution in [-0.2, 0) is 29.1 Å². The minimum absolute atomic E-state index is 0.00660. The molecule has 2 aliphatic heterocycles. The highest BCUT2D eigenvalue weighted by molar-refractivity contribution is 6.33. The zero-order valence-corrected chi connectivity index (χ0v) is 30.1. The molecule has 2 aliphatic rings. The van der Waals surface area contributed by atoms with Crippen molar-refractivity contribution in [2.75, 3.05) is 10.6 Å². The minimum atomic E-state index is -0.550. The Kier molecular flexibility index (Phi) is 11.6. The predicted molar refractivity (Wildman–Crippen MR) is 203 cm³/mol. The second-order valence-corrected chi connectivity index (χ2v) is 12.9. The summed E-state index contributed by atoms with van der Waals surface area (Å²) in [5.74, 6) is -0.682. The molecule has 6 aromatic rings. The Morgan fingerprint density at radius 1 is 0.774 bits per heavy atom. The van der Waals surface area contributed by atoms with E-state index in [1.165, 1.54) is 25.5 Å². The summed E-state index contributed by atoms with van der Waals surface area (Å²) in [4.78, 5) is 46.9. The highest BCUT2D eigenvalue weighted by Gasteiger charge is 2.35. The molecule has 0 aliphatic carbocycles. The van der Waals surface area contributed by atoms with E-state index < -0.39 is 5.92 Å². The first kappa shape index (κ1) is 36.5. The SMILES string of the molecule is CCCCCn1cc2c(Cl)ncnc2n1.[C-]#[N+]c1ccc2c(c1)C(c1ncnc3nn(CCCCC)cc13)C(=O)N2.[C-]#[N+]c1ccc2c(c1)CC(=O)N2. The topological polar surface area (TPSA) is 154 Å². The maximum Gasteiger partial charge on any atom is 0.238 e. The van der Waals surface area contributed by atoms with Gasteiger partial charge in [-0.05, 0) is 36.1 Å². The normalized spacial score (nSPS) is 13.9. The Labute approximate surface area is 311 Å². The second-order valence-electron chi connectivity index (χ2n) is 12.6. The van der Waals surface area contributed by atoms with Crippen LogP contribution in [0.3, 0.4) is 0 Å². The summed E-state index contributed by atoms with van der Waals surface area (Å²) in [6.45, 7) is 20.1. The van der Waals surface area contributed by atoms with Gasteiger partial charge < -0.3 is 10.6 Å². The number of aryl methyl sites for hydroxylation is 2. The summed E-state index contributed by atoms with van der Waals surface area (Å²) >= 11 is 5.93. The molecule has 6 heterocycles. The van der Waals surface area contributed by atoms with Gasteiger partial charge in [0.1, 0.15) is 23.7 Å². The Bertz CT molecular complexity index is 2370. The number of nitrogens with zero attached hydrogens (tertiary/aromatic N) is 10. The number of aromatic nitrogens is 8. The van der Waals surface area contributed by atoms with E-state index >= 15 is 0 Å². The van der Waals surface area contributed by atoms with E-state index in [0.717, 1.165) is 72.0 Å². The summed E-state index contributed by atoms with van der Waals surface area (Å²) in [7, 11) is 0. The molecule has 14 nitrogen and oxygen atoms in total. The third-order valence-corrected chi connectivity index (χ3v) is 9.11. The van der Waals surface area contributed by atoms with Gasteiger partial charge in [-0.2, -0.15) is 10.2 Å². The number of amides is 2. The number of anilines is 2. The number of rotatable bonds is 9. The number of hydrogen-bond acceptors (Lipinski definition) is 8. The van der Waals surface area contributed by atoms with Crippen LogP contribution in [0.15, 0.2) is 61.4 Å². The van der Waals surface area contributed by atoms with Gasteiger partial charge in [-0.15, -0.1) is 0 Å². The van der Waals surface area contributed by atoms with E-state index in [2.05, 4.69) is 64.3 Å². The lowest BCUT2D eigenvalue weighted by Gasteiger charge is -2.09. The van der Waals surface area contributed by atoms with Gasteiger partial charge in [0.05, 0.1) is 36.0 Å². The lowest BCUT2D eigenvalue weighted by Crippen LogP contribution is -2.14. The Morgan fingerprint density at radius 3 is 2.02 bits per heavy atom. The highest BCUT2D eigenvalue weighted by Crippen LogP contribution is 2.40. The van der Waals surface area contributed by atoms with Crippen molar-refractivity contribution in [3.63, 3.8) is 0 Å². The largest absolute Gasteiger partial charge is 0.326 e. The molecular formula is C38H37ClN12O2. The molecule has 0 spiro atoms. The van der Waals surface area contributed by atoms with Gasteiger partial charge in [0, 0.05) is 36.9 Å². The molecule has 4 aromatic heterocycles.